The topological polar surface area (TPSA) is 45.1 Å². The molecule has 0 aliphatic carbocycles. The number of ether oxygens (including phenoxy) is 1. The lowest BCUT2D eigenvalue weighted by Crippen LogP contribution is -2.12. The smallest absolute Gasteiger partial charge is 0.210 e. The van der Waals surface area contributed by atoms with Crippen LogP contribution >= 0.6 is 0 Å². The van der Waals surface area contributed by atoms with Crippen LogP contribution in [0, 0.1) is 11.3 Å². The summed E-state index contributed by atoms with van der Waals surface area (Å²) in [6.45, 7) is 4.05. The number of hydrogen-bond acceptors (Lipinski definition) is 3. The van der Waals surface area contributed by atoms with Crippen LogP contribution in [0.2, 0.25) is 0 Å². The summed E-state index contributed by atoms with van der Waals surface area (Å²) >= 11 is 0. The van der Waals surface area contributed by atoms with E-state index in [1.807, 2.05) is 20.9 Å². The minimum absolute atomic E-state index is 0.231. The summed E-state index contributed by atoms with van der Waals surface area (Å²) in [7, 11) is 3.32. The van der Waals surface area contributed by atoms with Crippen LogP contribution in [0.5, 0.6) is 0 Å². The molecule has 64 valence electrons. The van der Waals surface area contributed by atoms with Crippen LogP contribution in [0.15, 0.2) is 11.8 Å². The predicted molar refractivity (Wildman–Crippen MR) is 46.7 cm³/mol. The van der Waals surface area contributed by atoms with Crippen molar-refractivity contribution in [3.63, 3.8) is 0 Å². The quantitative estimate of drug-likeness (QED) is 0.479. The van der Waals surface area contributed by atoms with E-state index < -0.39 is 0 Å². The van der Waals surface area contributed by atoms with Crippen LogP contribution in [0.25, 0.3) is 0 Å². The van der Waals surface area contributed by atoms with Crippen LogP contribution in [-0.2, 0) is 4.74 Å². The normalized spacial score (nSPS) is 11.5. The van der Waals surface area contributed by atoms with Crippen molar-refractivity contribution in [3.8, 4) is 0 Å². The first kappa shape index (κ1) is 10.0. The Bertz CT molecular complexity index is 161. The molecular weight excluding hydrogens is 140 g/mol. The molecule has 0 saturated carbocycles. The van der Waals surface area contributed by atoms with Gasteiger partial charge in [-0.15, -0.1) is 0 Å². The van der Waals surface area contributed by atoms with Crippen LogP contribution in [0.4, 0.5) is 0 Å². The van der Waals surface area contributed by atoms with Gasteiger partial charge in [-0.1, -0.05) is 13.8 Å². The van der Waals surface area contributed by atoms with Gasteiger partial charge in [0.15, 0.2) is 0 Å². The van der Waals surface area contributed by atoms with Crippen LogP contribution in [-0.4, -0.2) is 20.1 Å². The van der Waals surface area contributed by atoms with E-state index in [4.69, 9.17) is 10.1 Å². The summed E-state index contributed by atoms with van der Waals surface area (Å²) in [5.74, 6) is 0.546. The zero-order valence-corrected chi connectivity index (χ0v) is 7.56. The minimum Gasteiger partial charge on any atom is -0.481 e. The first-order chi connectivity index (χ1) is 5.13. The minimum atomic E-state index is 0.231. The lowest BCUT2D eigenvalue weighted by Gasteiger charge is -2.10. The van der Waals surface area contributed by atoms with Gasteiger partial charge in [-0.3, -0.25) is 5.41 Å². The zero-order chi connectivity index (χ0) is 8.85. The molecule has 0 rings (SSSR count). The maximum atomic E-state index is 7.40. The van der Waals surface area contributed by atoms with Gasteiger partial charge in [0.1, 0.15) is 0 Å². The summed E-state index contributed by atoms with van der Waals surface area (Å²) in [6, 6.07) is 0. The van der Waals surface area contributed by atoms with E-state index >= 15 is 0 Å². The van der Waals surface area contributed by atoms with Gasteiger partial charge in [0.25, 0.3) is 0 Å². The molecule has 2 N–H and O–H groups in total. The Labute approximate surface area is 68.0 Å². The fraction of sp³-hybridized carbons (Fsp3) is 0.625. The Morgan fingerprint density at radius 1 is 1.55 bits per heavy atom. The first-order valence-corrected chi connectivity index (χ1v) is 3.63. The average Bonchev–Trinajstić information content (AvgIpc) is 1.98. The summed E-state index contributed by atoms with van der Waals surface area (Å²) in [5, 5.41) is 10.3. The van der Waals surface area contributed by atoms with E-state index in [1.54, 1.807) is 6.20 Å². The standard InChI is InChI=1S/C8H16N2O/c1-6(2)7(5-10-3)8(9)11-4/h5-6,9-10H,1-4H3/b7-5-,9-8?. The van der Waals surface area contributed by atoms with Gasteiger partial charge in [0, 0.05) is 18.8 Å². The molecule has 0 radical (unpaired) electrons. The van der Waals surface area contributed by atoms with E-state index in [0.29, 0.717) is 5.92 Å². The molecule has 0 atom stereocenters. The average molecular weight is 156 g/mol. The lowest BCUT2D eigenvalue weighted by atomic mass is 10.0. The van der Waals surface area contributed by atoms with E-state index in [9.17, 15) is 0 Å². The largest absolute Gasteiger partial charge is 0.481 e. The molecule has 0 aliphatic heterocycles. The molecular formula is C8H16N2O. The van der Waals surface area contributed by atoms with Crippen molar-refractivity contribution in [3.05, 3.63) is 11.8 Å². The highest BCUT2D eigenvalue weighted by Crippen LogP contribution is 2.09. The van der Waals surface area contributed by atoms with Gasteiger partial charge in [0.2, 0.25) is 5.90 Å². The third kappa shape index (κ3) is 3.07. The van der Waals surface area contributed by atoms with Gasteiger partial charge in [-0.25, -0.2) is 0 Å². The second kappa shape index (κ2) is 4.77. The van der Waals surface area contributed by atoms with Crippen molar-refractivity contribution >= 4 is 5.90 Å². The van der Waals surface area contributed by atoms with Gasteiger partial charge in [0.05, 0.1) is 7.11 Å². The maximum absolute atomic E-state index is 7.40. The van der Waals surface area contributed by atoms with Crippen molar-refractivity contribution in [2.24, 2.45) is 5.92 Å². The molecule has 0 aromatic carbocycles. The third-order valence-electron chi connectivity index (χ3n) is 1.39. The van der Waals surface area contributed by atoms with Gasteiger partial charge < -0.3 is 10.1 Å². The van der Waals surface area contributed by atoms with Crippen LogP contribution < -0.4 is 5.32 Å². The third-order valence-corrected chi connectivity index (χ3v) is 1.39. The van der Waals surface area contributed by atoms with Crippen molar-refractivity contribution in [1.82, 2.24) is 5.32 Å². The summed E-state index contributed by atoms with van der Waals surface area (Å²) in [5.41, 5.74) is 0.884. The number of rotatable bonds is 3. The highest BCUT2D eigenvalue weighted by atomic mass is 16.5. The molecule has 3 nitrogen and oxygen atoms in total. The molecule has 11 heavy (non-hydrogen) atoms. The monoisotopic (exact) mass is 156 g/mol. The number of methoxy groups -OCH3 is 1. The molecule has 0 spiro atoms. The van der Waals surface area contributed by atoms with Crippen molar-refractivity contribution in [2.45, 2.75) is 13.8 Å². The van der Waals surface area contributed by atoms with Crippen molar-refractivity contribution < 1.29 is 4.74 Å². The van der Waals surface area contributed by atoms with E-state index in [1.165, 1.54) is 7.11 Å². The van der Waals surface area contributed by atoms with E-state index in [-0.39, 0.29) is 5.90 Å². The van der Waals surface area contributed by atoms with Gasteiger partial charge in [-0.05, 0) is 5.92 Å². The highest BCUT2D eigenvalue weighted by Gasteiger charge is 2.08. The second-order valence-corrected chi connectivity index (χ2v) is 2.58. The molecule has 0 heterocycles. The summed E-state index contributed by atoms with van der Waals surface area (Å²) < 4.78 is 4.80. The predicted octanol–water partition coefficient (Wildman–Crippen LogP) is 1.37. The lowest BCUT2D eigenvalue weighted by molar-refractivity contribution is 0.394. The summed E-state index contributed by atoms with van der Waals surface area (Å²) in [4.78, 5) is 0. The SMILES string of the molecule is CN/C=C(\C(=N)OC)C(C)C. The Hall–Kier alpha value is -0.990. The summed E-state index contributed by atoms with van der Waals surface area (Å²) in [6.07, 6.45) is 1.79. The maximum Gasteiger partial charge on any atom is 0.210 e. The Morgan fingerprint density at radius 3 is 2.36 bits per heavy atom. The van der Waals surface area contributed by atoms with Crippen LogP contribution in [0.3, 0.4) is 0 Å². The highest BCUT2D eigenvalue weighted by molar-refractivity contribution is 5.91. The number of hydrogen-bond donors (Lipinski definition) is 2. The molecule has 0 aromatic heterocycles. The van der Waals surface area contributed by atoms with Crippen molar-refractivity contribution in [1.29, 1.82) is 5.41 Å². The molecule has 0 unspecified atom stereocenters. The Kier molecular flexibility index (Phi) is 4.34. The van der Waals surface area contributed by atoms with E-state index in [2.05, 4.69) is 5.32 Å². The Morgan fingerprint density at radius 2 is 2.09 bits per heavy atom. The molecule has 0 saturated heterocycles. The molecule has 0 fully saturated rings. The number of nitrogens with one attached hydrogen (secondary N) is 2. The molecule has 0 amide bonds. The van der Waals surface area contributed by atoms with Crippen molar-refractivity contribution in [2.75, 3.05) is 14.2 Å². The van der Waals surface area contributed by atoms with Gasteiger partial charge >= 0.3 is 0 Å². The fourth-order valence-electron chi connectivity index (χ4n) is 0.768. The van der Waals surface area contributed by atoms with E-state index in [0.717, 1.165) is 5.57 Å². The molecule has 3 heteroatoms. The molecule has 0 aromatic rings. The second-order valence-electron chi connectivity index (χ2n) is 2.58. The molecule has 0 bridgehead atoms. The molecule has 0 aliphatic rings. The first-order valence-electron chi connectivity index (χ1n) is 3.63. The Balaban J connectivity index is 4.34. The van der Waals surface area contributed by atoms with Crippen LogP contribution in [0.1, 0.15) is 13.8 Å². The fourth-order valence-corrected chi connectivity index (χ4v) is 0.768. The zero-order valence-electron chi connectivity index (χ0n) is 7.56. The van der Waals surface area contributed by atoms with Gasteiger partial charge in [-0.2, -0.15) is 0 Å².